The highest BCUT2D eigenvalue weighted by Gasteiger charge is 2.31. The number of carbonyl (C=O) groups excluding carboxylic acids is 1. The van der Waals surface area contributed by atoms with Crippen LogP contribution in [0.1, 0.15) is 34.3 Å². The van der Waals surface area contributed by atoms with Gasteiger partial charge in [-0.1, -0.05) is 24.3 Å². The first-order chi connectivity index (χ1) is 12.8. The van der Waals surface area contributed by atoms with E-state index in [1.54, 1.807) is 25.1 Å². The minimum absolute atomic E-state index is 0.0530. The van der Waals surface area contributed by atoms with Crippen molar-refractivity contribution in [3.05, 3.63) is 59.2 Å². The third-order valence-electron chi connectivity index (χ3n) is 4.91. The predicted octanol–water partition coefficient (Wildman–Crippen LogP) is 2.57. The first-order valence-electron chi connectivity index (χ1n) is 9.02. The summed E-state index contributed by atoms with van der Waals surface area (Å²) in [6, 6.07) is 11.7. The van der Waals surface area contributed by atoms with Crippen molar-refractivity contribution in [3.63, 3.8) is 0 Å². The SMILES string of the molecule is Cc1ccccc1NS(=O)(=O)c1ccc(C)c(C(=O)NC(CN)C2CC2)c1. The number of aryl methyl sites for hydroxylation is 2. The van der Waals surface area contributed by atoms with Crippen LogP contribution in [0.3, 0.4) is 0 Å². The third-order valence-corrected chi connectivity index (χ3v) is 6.28. The van der Waals surface area contributed by atoms with Crippen LogP contribution in [-0.2, 0) is 10.0 Å². The summed E-state index contributed by atoms with van der Waals surface area (Å²) in [4.78, 5) is 12.7. The molecule has 0 heterocycles. The van der Waals surface area contributed by atoms with E-state index in [4.69, 9.17) is 5.73 Å². The molecule has 4 N–H and O–H groups in total. The van der Waals surface area contributed by atoms with E-state index >= 15 is 0 Å². The van der Waals surface area contributed by atoms with Gasteiger partial charge in [-0.05, 0) is 61.9 Å². The van der Waals surface area contributed by atoms with Crippen LogP contribution < -0.4 is 15.8 Å². The van der Waals surface area contributed by atoms with Gasteiger partial charge in [0.05, 0.1) is 10.6 Å². The van der Waals surface area contributed by atoms with Crippen molar-refractivity contribution in [1.82, 2.24) is 5.32 Å². The number of nitrogens with two attached hydrogens (primary N) is 1. The number of hydrogen-bond acceptors (Lipinski definition) is 4. The Bertz CT molecular complexity index is 953. The molecular formula is C20H25N3O3S. The maximum absolute atomic E-state index is 12.8. The van der Waals surface area contributed by atoms with Crippen LogP contribution in [0.5, 0.6) is 0 Å². The van der Waals surface area contributed by atoms with Crippen molar-refractivity contribution in [2.75, 3.05) is 11.3 Å². The van der Waals surface area contributed by atoms with Gasteiger partial charge in [0.15, 0.2) is 0 Å². The zero-order valence-corrected chi connectivity index (χ0v) is 16.3. The van der Waals surface area contributed by atoms with Crippen LogP contribution in [-0.4, -0.2) is 26.9 Å². The molecule has 1 saturated carbocycles. The average Bonchev–Trinajstić information content (AvgIpc) is 3.46. The summed E-state index contributed by atoms with van der Waals surface area (Å²) in [7, 11) is -3.80. The van der Waals surface area contributed by atoms with Crippen LogP contribution in [0.15, 0.2) is 47.4 Å². The maximum atomic E-state index is 12.8. The lowest BCUT2D eigenvalue weighted by atomic mass is 10.1. The number of para-hydroxylation sites is 1. The van der Waals surface area contributed by atoms with Crippen molar-refractivity contribution < 1.29 is 13.2 Å². The maximum Gasteiger partial charge on any atom is 0.261 e. The van der Waals surface area contributed by atoms with E-state index in [2.05, 4.69) is 10.0 Å². The number of hydrogen-bond donors (Lipinski definition) is 3. The Kier molecular flexibility index (Phi) is 5.53. The van der Waals surface area contributed by atoms with Crippen molar-refractivity contribution in [3.8, 4) is 0 Å². The highest BCUT2D eigenvalue weighted by molar-refractivity contribution is 7.92. The largest absolute Gasteiger partial charge is 0.348 e. The standard InChI is InChI=1S/C20H25N3O3S/c1-13-7-10-16(27(25,26)23-18-6-4-3-5-14(18)2)11-17(13)20(24)22-19(12-21)15-8-9-15/h3-7,10-11,15,19,23H,8-9,12,21H2,1-2H3,(H,22,24). The molecular weight excluding hydrogens is 362 g/mol. The summed E-state index contributed by atoms with van der Waals surface area (Å²) < 4.78 is 28.1. The fourth-order valence-electron chi connectivity index (χ4n) is 3.02. The lowest BCUT2D eigenvalue weighted by Crippen LogP contribution is -2.42. The van der Waals surface area contributed by atoms with E-state index in [0.29, 0.717) is 29.3 Å². The summed E-state index contributed by atoms with van der Waals surface area (Å²) in [6.45, 7) is 3.99. The summed E-state index contributed by atoms with van der Waals surface area (Å²) in [6.07, 6.45) is 2.13. The van der Waals surface area contributed by atoms with Crippen LogP contribution in [0.2, 0.25) is 0 Å². The molecule has 1 fully saturated rings. The van der Waals surface area contributed by atoms with Gasteiger partial charge in [0.1, 0.15) is 0 Å². The van der Waals surface area contributed by atoms with Crippen molar-refractivity contribution >= 4 is 21.6 Å². The zero-order chi connectivity index (χ0) is 19.6. The summed E-state index contributed by atoms with van der Waals surface area (Å²) >= 11 is 0. The minimum atomic E-state index is -3.80. The first-order valence-corrected chi connectivity index (χ1v) is 10.5. The monoisotopic (exact) mass is 387 g/mol. The quantitative estimate of drug-likeness (QED) is 0.679. The first kappa shape index (κ1) is 19.4. The van der Waals surface area contributed by atoms with E-state index in [0.717, 1.165) is 18.4 Å². The number of rotatable bonds is 7. The van der Waals surface area contributed by atoms with Gasteiger partial charge in [-0.2, -0.15) is 0 Å². The van der Waals surface area contributed by atoms with E-state index in [-0.39, 0.29) is 16.8 Å². The van der Waals surface area contributed by atoms with Gasteiger partial charge in [0.25, 0.3) is 15.9 Å². The van der Waals surface area contributed by atoms with Gasteiger partial charge in [-0.15, -0.1) is 0 Å². The summed E-state index contributed by atoms with van der Waals surface area (Å²) in [5, 5.41) is 2.94. The molecule has 1 aliphatic carbocycles. The molecule has 1 atom stereocenters. The topological polar surface area (TPSA) is 101 Å². The van der Waals surface area contributed by atoms with Crippen LogP contribution in [0, 0.1) is 19.8 Å². The second kappa shape index (κ2) is 7.70. The Hall–Kier alpha value is -2.38. The van der Waals surface area contributed by atoms with Crippen LogP contribution in [0.25, 0.3) is 0 Å². The molecule has 3 rings (SSSR count). The van der Waals surface area contributed by atoms with E-state index < -0.39 is 10.0 Å². The summed E-state index contributed by atoms with van der Waals surface area (Å²) in [5.74, 6) is 0.136. The van der Waals surface area contributed by atoms with Crippen molar-refractivity contribution in [2.24, 2.45) is 11.7 Å². The second-order valence-electron chi connectivity index (χ2n) is 7.05. The summed E-state index contributed by atoms with van der Waals surface area (Å²) in [5.41, 5.74) is 8.16. The van der Waals surface area contributed by atoms with E-state index in [1.807, 2.05) is 19.1 Å². The molecule has 1 unspecified atom stereocenters. The lowest BCUT2D eigenvalue weighted by molar-refractivity contribution is 0.0932. The molecule has 1 aliphatic rings. The molecule has 2 aromatic carbocycles. The molecule has 7 heteroatoms. The molecule has 27 heavy (non-hydrogen) atoms. The van der Waals surface area contributed by atoms with E-state index in [1.165, 1.54) is 12.1 Å². The van der Waals surface area contributed by atoms with Gasteiger partial charge in [-0.25, -0.2) is 8.42 Å². The van der Waals surface area contributed by atoms with Gasteiger partial charge in [0, 0.05) is 18.2 Å². The smallest absolute Gasteiger partial charge is 0.261 e. The van der Waals surface area contributed by atoms with Crippen LogP contribution in [0.4, 0.5) is 5.69 Å². The minimum Gasteiger partial charge on any atom is -0.348 e. The van der Waals surface area contributed by atoms with Gasteiger partial charge in [-0.3, -0.25) is 9.52 Å². The molecule has 0 aliphatic heterocycles. The molecule has 1 amide bonds. The number of carbonyl (C=O) groups is 1. The molecule has 0 spiro atoms. The Labute approximate surface area is 160 Å². The fourth-order valence-corrected chi connectivity index (χ4v) is 4.17. The number of anilines is 1. The molecule has 0 saturated heterocycles. The fraction of sp³-hybridized carbons (Fsp3) is 0.350. The highest BCUT2D eigenvalue weighted by Crippen LogP contribution is 2.32. The number of benzene rings is 2. The number of amides is 1. The van der Waals surface area contributed by atoms with Gasteiger partial charge < -0.3 is 11.1 Å². The Morgan fingerprint density at radius 2 is 1.85 bits per heavy atom. The molecule has 0 radical (unpaired) electrons. The Morgan fingerprint density at radius 1 is 1.15 bits per heavy atom. The van der Waals surface area contributed by atoms with Gasteiger partial charge >= 0.3 is 0 Å². The molecule has 0 bridgehead atoms. The molecule has 144 valence electrons. The van der Waals surface area contributed by atoms with Crippen LogP contribution >= 0.6 is 0 Å². The molecule has 0 aromatic heterocycles. The zero-order valence-electron chi connectivity index (χ0n) is 15.5. The Morgan fingerprint density at radius 3 is 2.48 bits per heavy atom. The predicted molar refractivity (Wildman–Crippen MR) is 106 cm³/mol. The normalized spacial score (nSPS) is 15.2. The third kappa shape index (κ3) is 4.48. The lowest BCUT2D eigenvalue weighted by Gasteiger charge is -2.17. The van der Waals surface area contributed by atoms with E-state index in [9.17, 15) is 13.2 Å². The second-order valence-corrected chi connectivity index (χ2v) is 8.73. The van der Waals surface area contributed by atoms with Gasteiger partial charge in [0.2, 0.25) is 0 Å². The number of sulfonamides is 1. The molecule has 2 aromatic rings. The van der Waals surface area contributed by atoms with Crippen molar-refractivity contribution in [1.29, 1.82) is 0 Å². The average molecular weight is 388 g/mol. The highest BCUT2D eigenvalue weighted by atomic mass is 32.2. The Balaban J connectivity index is 1.85. The number of nitrogens with one attached hydrogen (secondary N) is 2. The molecule has 6 nitrogen and oxygen atoms in total. The van der Waals surface area contributed by atoms with Crippen molar-refractivity contribution in [2.45, 2.75) is 37.6 Å².